The van der Waals surface area contributed by atoms with E-state index < -0.39 is 9.84 Å². The van der Waals surface area contributed by atoms with Crippen LogP contribution in [0.5, 0.6) is 0 Å². The molecule has 2 aliphatic heterocycles. The molecule has 0 radical (unpaired) electrons. The molecule has 2 rings (SSSR count). The number of hydrogen-bond donors (Lipinski definition) is 1. The molecular formula is C8H15NO3S. The number of hydrogen-bond acceptors (Lipinski definition) is 4. The predicted molar refractivity (Wildman–Crippen MR) is 49.1 cm³/mol. The minimum absolute atomic E-state index is 0.0349. The third kappa shape index (κ3) is 2.03. The van der Waals surface area contributed by atoms with Crippen LogP contribution in [-0.4, -0.2) is 38.8 Å². The van der Waals surface area contributed by atoms with E-state index in [1.54, 1.807) is 0 Å². The Kier molecular flexibility index (Phi) is 2.33. The van der Waals surface area contributed by atoms with Gasteiger partial charge < -0.3 is 4.74 Å². The van der Waals surface area contributed by atoms with Gasteiger partial charge >= 0.3 is 0 Å². The Labute approximate surface area is 78.6 Å². The van der Waals surface area contributed by atoms with Crippen molar-refractivity contribution in [2.24, 2.45) is 5.92 Å². The van der Waals surface area contributed by atoms with Crippen molar-refractivity contribution < 1.29 is 13.2 Å². The fourth-order valence-corrected chi connectivity index (χ4v) is 3.79. The predicted octanol–water partition coefficient (Wildman–Crippen LogP) is -0.244. The van der Waals surface area contributed by atoms with Crippen LogP contribution in [0.25, 0.3) is 0 Å². The van der Waals surface area contributed by atoms with Crippen LogP contribution in [0.1, 0.15) is 13.3 Å². The number of ether oxygens (including phenoxy) is 1. The first kappa shape index (κ1) is 9.43. The second kappa shape index (κ2) is 3.22. The number of nitrogens with one attached hydrogen (secondary N) is 1. The van der Waals surface area contributed by atoms with Crippen molar-refractivity contribution in [2.45, 2.75) is 25.7 Å². The van der Waals surface area contributed by atoms with Crippen LogP contribution in [-0.2, 0) is 14.6 Å². The van der Waals surface area contributed by atoms with Crippen LogP contribution in [0.4, 0.5) is 0 Å². The summed E-state index contributed by atoms with van der Waals surface area (Å²) in [5, 5.41) is 3.20. The fraction of sp³-hybridized carbons (Fsp3) is 1.00. The Bertz CT molecular complexity index is 288. The molecule has 2 aliphatic rings. The molecule has 0 aromatic heterocycles. The van der Waals surface area contributed by atoms with Crippen molar-refractivity contribution in [3.63, 3.8) is 0 Å². The Morgan fingerprint density at radius 3 is 2.69 bits per heavy atom. The average molecular weight is 205 g/mol. The lowest BCUT2D eigenvalue weighted by Crippen LogP contribution is -2.32. The molecule has 5 heteroatoms. The third-order valence-electron chi connectivity index (χ3n) is 2.68. The van der Waals surface area contributed by atoms with Crippen molar-refractivity contribution >= 4 is 9.84 Å². The Balaban J connectivity index is 1.97. The van der Waals surface area contributed by atoms with Gasteiger partial charge in [-0.15, -0.1) is 0 Å². The molecule has 0 bridgehead atoms. The maximum Gasteiger partial charge on any atom is 0.150 e. The normalized spacial score (nSPS) is 43.9. The highest BCUT2D eigenvalue weighted by atomic mass is 32.2. The minimum atomic E-state index is -2.77. The summed E-state index contributed by atoms with van der Waals surface area (Å²) in [4.78, 5) is 0. The number of sulfone groups is 1. The minimum Gasteiger partial charge on any atom is -0.359 e. The van der Waals surface area contributed by atoms with E-state index in [1.165, 1.54) is 0 Å². The summed E-state index contributed by atoms with van der Waals surface area (Å²) in [6.07, 6.45) is 0.924. The van der Waals surface area contributed by atoms with Gasteiger partial charge in [0.1, 0.15) is 6.23 Å². The second-order valence-corrected chi connectivity index (χ2v) is 6.17. The maximum atomic E-state index is 11.2. The van der Waals surface area contributed by atoms with Gasteiger partial charge in [0, 0.05) is 12.5 Å². The average Bonchev–Trinajstić information content (AvgIpc) is 2.56. The lowest BCUT2D eigenvalue weighted by Gasteiger charge is -2.16. The smallest absolute Gasteiger partial charge is 0.150 e. The van der Waals surface area contributed by atoms with Crippen LogP contribution in [0.2, 0.25) is 0 Å². The summed E-state index contributed by atoms with van der Waals surface area (Å²) in [6, 6.07) is 0. The van der Waals surface area contributed by atoms with Crippen molar-refractivity contribution in [2.75, 3.05) is 18.1 Å². The molecule has 3 atom stereocenters. The summed E-state index contributed by atoms with van der Waals surface area (Å²) in [7, 11) is -2.77. The molecule has 2 heterocycles. The van der Waals surface area contributed by atoms with Crippen LogP contribution in [0.3, 0.4) is 0 Å². The van der Waals surface area contributed by atoms with Gasteiger partial charge in [-0.2, -0.15) is 0 Å². The summed E-state index contributed by atoms with van der Waals surface area (Å²) >= 11 is 0. The van der Waals surface area contributed by atoms with E-state index in [0.717, 1.165) is 13.0 Å². The van der Waals surface area contributed by atoms with E-state index >= 15 is 0 Å². The molecule has 0 aromatic carbocycles. The van der Waals surface area contributed by atoms with Crippen LogP contribution < -0.4 is 5.32 Å². The van der Waals surface area contributed by atoms with E-state index in [0.29, 0.717) is 5.75 Å². The highest BCUT2D eigenvalue weighted by Gasteiger charge is 2.37. The van der Waals surface area contributed by atoms with Crippen LogP contribution in [0, 0.1) is 5.92 Å². The summed E-state index contributed by atoms with van der Waals surface area (Å²) < 4.78 is 28.0. The Morgan fingerprint density at radius 2 is 2.23 bits per heavy atom. The Hall–Kier alpha value is -0.130. The number of rotatable bonds is 1. The molecule has 2 fully saturated rings. The lowest BCUT2D eigenvalue weighted by atomic mass is 10.1. The first-order valence-electron chi connectivity index (χ1n) is 4.66. The van der Waals surface area contributed by atoms with Crippen molar-refractivity contribution in [1.29, 1.82) is 0 Å². The van der Waals surface area contributed by atoms with E-state index in [1.807, 2.05) is 6.92 Å². The van der Waals surface area contributed by atoms with Crippen molar-refractivity contribution in [1.82, 2.24) is 5.32 Å². The lowest BCUT2D eigenvalue weighted by molar-refractivity contribution is 0.0198. The topological polar surface area (TPSA) is 55.4 Å². The zero-order valence-corrected chi connectivity index (χ0v) is 8.51. The zero-order chi connectivity index (χ0) is 9.47. The molecule has 1 N–H and O–H groups in total. The molecule has 3 unspecified atom stereocenters. The molecule has 76 valence electrons. The molecule has 13 heavy (non-hydrogen) atoms. The highest BCUT2D eigenvalue weighted by Crippen LogP contribution is 2.25. The second-order valence-electron chi connectivity index (χ2n) is 3.94. The van der Waals surface area contributed by atoms with E-state index in [-0.39, 0.29) is 24.0 Å². The molecule has 0 saturated carbocycles. The molecular weight excluding hydrogens is 190 g/mol. The zero-order valence-electron chi connectivity index (χ0n) is 7.69. The summed E-state index contributed by atoms with van der Waals surface area (Å²) in [5.74, 6) is 0.778. The molecule has 0 spiro atoms. The van der Waals surface area contributed by atoms with Crippen LogP contribution >= 0.6 is 0 Å². The summed E-state index contributed by atoms with van der Waals surface area (Å²) in [6.45, 7) is 2.83. The SMILES string of the molecule is CC1CNC(C2CCS(=O)(=O)C2)O1. The van der Waals surface area contributed by atoms with Gasteiger partial charge in [-0.1, -0.05) is 0 Å². The first-order valence-corrected chi connectivity index (χ1v) is 6.48. The maximum absolute atomic E-state index is 11.2. The molecule has 2 saturated heterocycles. The van der Waals surface area contributed by atoms with E-state index in [4.69, 9.17) is 4.74 Å². The molecule has 0 amide bonds. The van der Waals surface area contributed by atoms with Gasteiger partial charge in [0.2, 0.25) is 0 Å². The van der Waals surface area contributed by atoms with Crippen molar-refractivity contribution in [3.8, 4) is 0 Å². The van der Waals surface area contributed by atoms with Gasteiger partial charge in [-0.05, 0) is 13.3 Å². The largest absolute Gasteiger partial charge is 0.359 e. The summed E-state index contributed by atoms with van der Waals surface area (Å²) in [5.41, 5.74) is 0. The fourth-order valence-electron chi connectivity index (χ4n) is 1.97. The van der Waals surface area contributed by atoms with Gasteiger partial charge in [0.25, 0.3) is 0 Å². The highest BCUT2D eigenvalue weighted by molar-refractivity contribution is 7.91. The first-order chi connectivity index (χ1) is 6.07. The monoisotopic (exact) mass is 205 g/mol. The van der Waals surface area contributed by atoms with Gasteiger partial charge in [-0.25, -0.2) is 8.42 Å². The molecule has 4 nitrogen and oxygen atoms in total. The molecule has 0 aromatic rings. The van der Waals surface area contributed by atoms with E-state index in [9.17, 15) is 8.42 Å². The van der Waals surface area contributed by atoms with Gasteiger partial charge in [0.05, 0.1) is 17.6 Å². The quantitative estimate of drug-likeness (QED) is 0.641. The standard InChI is InChI=1S/C8H15NO3S/c1-6-4-9-8(12-6)7-2-3-13(10,11)5-7/h6-9H,2-5H2,1H3. The van der Waals surface area contributed by atoms with E-state index in [2.05, 4.69) is 5.32 Å². The van der Waals surface area contributed by atoms with Gasteiger partial charge in [0.15, 0.2) is 9.84 Å². The van der Waals surface area contributed by atoms with Crippen LogP contribution in [0.15, 0.2) is 0 Å². The van der Waals surface area contributed by atoms with Crippen molar-refractivity contribution in [3.05, 3.63) is 0 Å². The third-order valence-corrected chi connectivity index (χ3v) is 4.47. The van der Waals surface area contributed by atoms with Gasteiger partial charge in [-0.3, -0.25) is 5.32 Å². The Morgan fingerprint density at radius 1 is 1.46 bits per heavy atom. The molecule has 0 aliphatic carbocycles.